The Morgan fingerprint density at radius 1 is 1.09 bits per heavy atom. The Balaban J connectivity index is 1.93. The molecule has 2 aromatic rings. The first kappa shape index (κ1) is 16.9. The monoisotopic (exact) mass is 312 g/mol. The van der Waals surface area contributed by atoms with Gasteiger partial charge >= 0.3 is 0 Å². The number of nitrogens with one attached hydrogen (secondary N) is 2. The number of carbonyl (C=O) groups excluding carboxylic acids is 1. The number of anilines is 2. The molecule has 2 rings (SSSR count). The van der Waals surface area contributed by atoms with Crippen LogP contribution in [-0.2, 0) is 11.2 Å². The smallest absolute Gasteiger partial charge is 0.243 e. The Kier molecular flexibility index (Phi) is 6.03. The number of aryl methyl sites for hydroxylation is 2. The number of amides is 1. The normalized spacial score (nSPS) is 10.2. The zero-order valence-corrected chi connectivity index (χ0v) is 14.0. The second kappa shape index (κ2) is 8.22. The fourth-order valence-corrected chi connectivity index (χ4v) is 2.40. The Morgan fingerprint density at radius 2 is 1.83 bits per heavy atom. The molecule has 4 nitrogen and oxygen atoms in total. The molecule has 0 atom stereocenters. The standard InChI is InChI=1S/C19H24N2O2/c1-4-15-8-6-7-14(3)19(15)21-18(22)13-20-16-9-11-17(12-10-16)23-5-2/h6-12,20H,4-5,13H2,1-3H3,(H,21,22). The Hall–Kier alpha value is -2.49. The van der Waals surface area contributed by atoms with Crippen LogP contribution in [0.3, 0.4) is 0 Å². The first-order valence-corrected chi connectivity index (χ1v) is 7.99. The lowest BCUT2D eigenvalue weighted by molar-refractivity contribution is -0.114. The molecular formula is C19H24N2O2. The minimum Gasteiger partial charge on any atom is -0.494 e. The first-order chi connectivity index (χ1) is 11.1. The zero-order chi connectivity index (χ0) is 16.7. The molecule has 0 aliphatic heterocycles. The van der Waals surface area contributed by atoms with Crippen LogP contribution in [-0.4, -0.2) is 19.1 Å². The maximum Gasteiger partial charge on any atom is 0.243 e. The van der Waals surface area contributed by atoms with Crippen molar-refractivity contribution in [1.29, 1.82) is 0 Å². The highest BCUT2D eigenvalue weighted by Gasteiger charge is 2.08. The van der Waals surface area contributed by atoms with Crippen molar-refractivity contribution >= 4 is 17.3 Å². The molecule has 23 heavy (non-hydrogen) atoms. The van der Waals surface area contributed by atoms with Crippen molar-refractivity contribution in [2.75, 3.05) is 23.8 Å². The molecule has 0 radical (unpaired) electrons. The number of hydrogen-bond donors (Lipinski definition) is 2. The number of hydrogen-bond acceptors (Lipinski definition) is 3. The van der Waals surface area contributed by atoms with E-state index in [1.54, 1.807) is 0 Å². The molecule has 0 saturated carbocycles. The summed E-state index contributed by atoms with van der Waals surface area (Å²) in [7, 11) is 0. The maximum atomic E-state index is 12.2. The van der Waals surface area contributed by atoms with Crippen molar-refractivity contribution in [3.05, 3.63) is 53.6 Å². The van der Waals surface area contributed by atoms with Crippen LogP contribution in [0.25, 0.3) is 0 Å². The quantitative estimate of drug-likeness (QED) is 0.812. The van der Waals surface area contributed by atoms with E-state index in [1.165, 1.54) is 0 Å². The summed E-state index contributed by atoms with van der Waals surface area (Å²) in [6.45, 7) is 6.92. The van der Waals surface area contributed by atoms with Gasteiger partial charge in [-0.15, -0.1) is 0 Å². The molecule has 0 bridgehead atoms. The molecular weight excluding hydrogens is 288 g/mol. The van der Waals surface area contributed by atoms with Crippen LogP contribution in [0.4, 0.5) is 11.4 Å². The van der Waals surface area contributed by atoms with Crippen LogP contribution in [0.15, 0.2) is 42.5 Å². The van der Waals surface area contributed by atoms with Crippen molar-refractivity contribution in [2.45, 2.75) is 27.2 Å². The molecule has 2 aromatic carbocycles. The van der Waals surface area contributed by atoms with E-state index in [0.29, 0.717) is 6.61 Å². The lowest BCUT2D eigenvalue weighted by atomic mass is 10.1. The van der Waals surface area contributed by atoms with Crippen LogP contribution in [0.5, 0.6) is 5.75 Å². The van der Waals surface area contributed by atoms with Crippen LogP contribution in [0.1, 0.15) is 25.0 Å². The Bertz CT molecular complexity index is 651. The van der Waals surface area contributed by atoms with Crippen LogP contribution in [0, 0.1) is 6.92 Å². The van der Waals surface area contributed by atoms with E-state index in [2.05, 4.69) is 17.6 Å². The minimum absolute atomic E-state index is 0.0529. The third-order valence-corrected chi connectivity index (χ3v) is 3.62. The van der Waals surface area contributed by atoms with Gasteiger partial charge in [0.1, 0.15) is 5.75 Å². The van der Waals surface area contributed by atoms with Gasteiger partial charge in [-0.1, -0.05) is 25.1 Å². The fraction of sp³-hybridized carbons (Fsp3) is 0.316. The topological polar surface area (TPSA) is 50.4 Å². The van der Waals surface area contributed by atoms with E-state index >= 15 is 0 Å². The maximum absolute atomic E-state index is 12.2. The van der Waals surface area contributed by atoms with Crippen molar-refractivity contribution < 1.29 is 9.53 Å². The van der Waals surface area contributed by atoms with Gasteiger partial charge in [0, 0.05) is 11.4 Å². The van der Waals surface area contributed by atoms with Crippen LogP contribution >= 0.6 is 0 Å². The van der Waals surface area contributed by atoms with Crippen molar-refractivity contribution in [1.82, 2.24) is 0 Å². The lowest BCUT2D eigenvalue weighted by Gasteiger charge is -2.13. The zero-order valence-electron chi connectivity index (χ0n) is 14.0. The van der Waals surface area contributed by atoms with Gasteiger partial charge in [-0.25, -0.2) is 0 Å². The van der Waals surface area contributed by atoms with Crippen LogP contribution in [0.2, 0.25) is 0 Å². The molecule has 0 aliphatic rings. The van der Waals surface area contributed by atoms with Crippen molar-refractivity contribution in [3.63, 3.8) is 0 Å². The van der Waals surface area contributed by atoms with Gasteiger partial charge in [0.2, 0.25) is 5.91 Å². The third kappa shape index (κ3) is 4.74. The number of para-hydroxylation sites is 1. The van der Waals surface area contributed by atoms with E-state index in [-0.39, 0.29) is 12.5 Å². The predicted molar refractivity (Wildman–Crippen MR) is 95.3 cm³/mol. The lowest BCUT2D eigenvalue weighted by Crippen LogP contribution is -2.22. The van der Waals surface area contributed by atoms with E-state index in [1.807, 2.05) is 56.3 Å². The summed E-state index contributed by atoms with van der Waals surface area (Å²) in [6.07, 6.45) is 0.892. The van der Waals surface area contributed by atoms with E-state index in [9.17, 15) is 4.79 Å². The molecule has 1 amide bonds. The number of rotatable bonds is 7. The largest absolute Gasteiger partial charge is 0.494 e. The van der Waals surface area contributed by atoms with Crippen molar-refractivity contribution in [3.8, 4) is 5.75 Å². The summed E-state index contributed by atoms with van der Waals surface area (Å²) in [6, 6.07) is 13.7. The van der Waals surface area contributed by atoms with Gasteiger partial charge in [-0.3, -0.25) is 4.79 Å². The average Bonchev–Trinajstić information content (AvgIpc) is 2.56. The molecule has 0 saturated heterocycles. The molecule has 4 heteroatoms. The summed E-state index contributed by atoms with van der Waals surface area (Å²) >= 11 is 0. The highest BCUT2D eigenvalue weighted by molar-refractivity contribution is 5.95. The van der Waals surface area contributed by atoms with E-state index in [0.717, 1.165) is 34.7 Å². The molecule has 0 aliphatic carbocycles. The second-order valence-electron chi connectivity index (χ2n) is 5.32. The summed E-state index contributed by atoms with van der Waals surface area (Å²) in [5, 5.41) is 6.13. The highest BCUT2D eigenvalue weighted by atomic mass is 16.5. The second-order valence-corrected chi connectivity index (χ2v) is 5.32. The highest BCUT2D eigenvalue weighted by Crippen LogP contribution is 2.21. The van der Waals surface area contributed by atoms with Gasteiger partial charge in [0.15, 0.2) is 0 Å². The number of ether oxygens (including phenoxy) is 1. The summed E-state index contributed by atoms with van der Waals surface area (Å²) in [5.74, 6) is 0.776. The summed E-state index contributed by atoms with van der Waals surface area (Å²) in [4.78, 5) is 12.2. The van der Waals surface area contributed by atoms with E-state index in [4.69, 9.17) is 4.74 Å². The van der Waals surface area contributed by atoms with Gasteiger partial charge in [0.05, 0.1) is 13.2 Å². The van der Waals surface area contributed by atoms with Crippen molar-refractivity contribution in [2.24, 2.45) is 0 Å². The Labute approximate surface area is 137 Å². The molecule has 122 valence electrons. The van der Waals surface area contributed by atoms with Gasteiger partial charge in [-0.2, -0.15) is 0 Å². The van der Waals surface area contributed by atoms with Gasteiger partial charge < -0.3 is 15.4 Å². The fourth-order valence-electron chi connectivity index (χ4n) is 2.40. The predicted octanol–water partition coefficient (Wildman–Crippen LogP) is 4.01. The summed E-state index contributed by atoms with van der Waals surface area (Å²) < 4.78 is 5.40. The SMILES string of the molecule is CCOc1ccc(NCC(=O)Nc2c(C)cccc2CC)cc1. The minimum atomic E-state index is -0.0529. The van der Waals surface area contributed by atoms with E-state index < -0.39 is 0 Å². The molecule has 2 N–H and O–H groups in total. The first-order valence-electron chi connectivity index (χ1n) is 7.99. The molecule has 0 spiro atoms. The van der Waals surface area contributed by atoms with Crippen LogP contribution < -0.4 is 15.4 Å². The van der Waals surface area contributed by atoms with Gasteiger partial charge in [0.25, 0.3) is 0 Å². The molecule has 0 fully saturated rings. The summed E-state index contributed by atoms with van der Waals surface area (Å²) in [5.41, 5.74) is 4.05. The number of benzene rings is 2. The number of carbonyl (C=O) groups is 1. The molecule has 0 unspecified atom stereocenters. The Morgan fingerprint density at radius 3 is 2.48 bits per heavy atom. The average molecular weight is 312 g/mol. The molecule has 0 aromatic heterocycles. The molecule has 0 heterocycles. The van der Waals surface area contributed by atoms with Gasteiger partial charge in [-0.05, 0) is 55.7 Å². The third-order valence-electron chi connectivity index (χ3n) is 3.62.